The topological polar surface area (TPSA) is 95.9 Å². The molecular weight excluding hydrogens is 380 g/mol. The van der Waals surface area contributed by atoms with Crippen molar-refractivity contribution in [3.05, 3.63) is 35.7 Å². The number of amides is 2. The highest BCUT2D eigenvalue weighted by Gasteiger charge is 2.29. The van der Waals surface area contributed by atoms with Crippen LogP contribution in [-0.4, -0.2) is 56.1 Å². The number of nitrogens with zero attached hydrogens (tertiary/aromatic N) is 4. The third-order valence-corrected chi connectivity index (χ3v) is 6.29. The number of imidazole rings is 1. The van der Waals surface area contributed by atoms with Gasteiger partial charge in [-0.3, -0.25) is 14.7 Å². The van der Waals surface area contributed by atoms with Gasteiger partial charge in [0.05, 0.1) is 6.33 Å². The highest BCUT2D eigenvalue weighted by Crippen LogP contribution is 2.25. The maximum Gasteiger partial charge on any atom is 0.274 e. The lowest BCUT2D eigenvalue weighted by atomic mass is 9.93. The normalized spacial score (nSPS) is 19.6. The second-order valence-electron chi connectivity index (χ2n) is 8.56. The van der Waals surface area contributed by atoms with E-state index in [0.29, 0.717) is 31.7 Å². The lowest BCUT2D eigenvalue weighted by Crippen LogP contribution is -2.42. The highest BCUT2D eigenvalue weighted by molar-refractivity contribution is 5.94. The minimum Gasteiger partial charge on any atom is -0.354 e. The molecule has 1 atom stereocenters. The maximum atomic E-state index is 13.2. The number of fused-ring (bicyclic) bond motifs is 1. The second-order valence-corrected chi connectivity index (χ2v) is 8.56. The van der Waals surface area contributed by atoms with E-state index in [0.717, 1.165) is 56.3 Å². The van der Waals surface area contributed by atoms with E-state index < -0.39 is 0 Å². The van der Waals surface area contributed by atoms with Gasteiger partial charge in [-0.05, 0) is 44.4 Å². The maximum absolute atomic E-state index is 13.2. The molecule has 2 amide bonds. The van der Waals surface area contributed by atoms with Crippen LogP contribution < -0.4 is 5.32 Å². The van der Waals surface area contributed by atoms with Gasteiger partial charge >= 0.3 is 0 Å². The van der Waals surface area contributed by atoms with Crippen LogP contribution in [0.2, 0.25) is 0 Å². The Labute approximate surface area is 177 Å². The number of carbonyl (C=O) groups excluding carboxylic acids is 2. The molecule has 1 aliphatic carbocycles. The van der Waals surface area contributed by atoms with Gasteiger partial charge in [-0.25, -0.2) is 4.98 Å². The summed E-state index contributed by atoms with van der Waals surface area (Å²) in [6.45, 7) is 2.68. The fourth-order valence-corrected chi connectivity index (χ4v) is 4.66. The van der Waals surface area contributed by atoms with Crippen molar-refractivity contribution in [2.45, 2.75) is 64.3 Å². The van der Waals surface area contributed by atoms with E-state index >= 15 is 0 Å². The number of hydrogen-bond donors (Lipinski definition) is 2. The van der Waals surface area contributed by atoms with Crippen LogP contribution in [0.15, 0.2) is 18.7 Å². The van der Waals surface area contributed by atoms with E-state index in [1.165, 1.54) is 12.8 Å². The minimum absolute atomic E-state index is 0.0262. The average Bonchev–Trinajstić information content (AvgIpc) is 3.37. The molecule has 0 saturated carbocycles. The predicted molar refractivity (Wildman–Crippen MR) is 113 cm³/mol. The quantitative estimate of drug-likeness (QED) is 0.761. The highest BCUT2D eigenvalue weighted by atomic mass is 16.2. The fraction of sp³-hybridized carbons (Fsp3) is 0.636. The van der Waals surface area contributed by atoms with Crippen molar-refractivity contribution in [3.63, 3.8) is 0 Å². The minimum atomic E-state index is 0.0262. The zero-order valence-corrected chi connectivity index (χ0v) is 17.6. The average molecular weight is 413 g/mol. The first-order valence-corrected chi connectivity index (χ1v) is 11.3. The number of aromatic nitrogens is 4. The largest absolute Gasteiger partial charge is 0.354 e. The Morgan fingerprint density at radius 3 is 2.87 bits per heavy atom. The van der Waals surface area contributed by atoms with E-state index in [1.54, 1.807) is 12.5 Å². The Morgan fingerprint density at radius 1 is 1.17 bits per heavy atom. The molecule has 2 N–H and O–H groups in total. The van der Waals surface area contributed by atoms with Crippen molar-refractivity contribution in [2.75, 3.05) is 19.6 Å². The van der Waals surface area contributed by atoms with E-state index in [2.05, 4.69) is 20.5 Å². The molecule has 1 saturated heterocycles. The Kier molecular flexibility index (Phi) is 6.81. The molecule has 0 spiro atoms. The third kappa shape index (κ3) is 5.09. The first-order valence-electron chi connectivity index (χ1n) is 11.3. The van der Waals surface area contributed by atoms with E-state index in [1.807, 2.05) is 15.7 Å². The summed E-state index contributed by atoms with van der Waals surface area (Å²) in [7, 11) is 0. The van der Waals surface area contributed by atoms with Crippen molar-refractivity contribution >= 4 is 11.8 Å². The van der Waals surface area contributed by atoms with Gasteiger partial charge in [0.15, 0.2) is 5.69 Å². The molecule has 1 aliphatic heterocycles. The van der Waals surface area contributed by atoms with Crippen LogP contribution in [0.3, 0.4) is 0 Å². The summed E-state index contributed by atoms with van der Waals surface area (Å²) in [6.07, 6.45) is 14.4. The summed E-state index contributed by atoms with van der Waals surface area (Å²) in [5, 5.41) is 10.5. The molecule has 2 aliphatic rings. The molecule has 0 radical (unpaired) electrons. The predicted octanol–water partition coefficient (Wildman–Crippen LogP) is 2.32. The molecule has 2 aromatic rings. The fourth-order valence-electron chi connectivity index (χ4n) is 4.66. The monoisotopic (exact) mass is 412 g/mol. The van der Waals surface area contributed by atoms with Crippen molar-refractivity contribution in [1.29, 1.82) is 0 Å². The van der Waals surface area contributed by atoms with Gasteiger partial charge in [-0.15, -0.1) is 0 Å². The van der Waals surface area contributed by atoms with Crippen molar-refractivity contribution in [2.24, 2.45) is 5.92 Å². The van der Waals surface area contributed by atoms with Crippen LogP contribution in [0.5, 0.6) is 0 Å². The standard InChI is InChI=1S/C22H32N6O2/c29-20(24-10-13-27-12-9-23-16-27)14-17-6-5-11-28(15-17)22(30)21-18-7-3-1-2-4-8-19(18)25-26-21/h9,12,16-17H,1-8,10-11,13-15H2,(H,24,29)(H,25,26). The molecule has 4 rings (SSSR count). The lowest BCUT2D eigenvalue weighted by Gasteiger charge is -2.32. The summed E-state index contributed by atoms with van der Waals surface area (Å²) in [4.78, 5) is 31.5. The second kappa shape index (κ2) is 9.91. The van der Waals surface area contributed by atoms with Crippen LogP contribution in [-0.2, 0) is 24.2 Å². The van der Waals surface area contributed by atoms with Crippen molar-refractivity contribution in [3.8, 4) is 0 Å². The molecule has 8 nitrogen and oxygen atoms in total. The van der Waals surface area contributed by atoms with Crippen LogP contribution in [0.4, 0.5) is 0 Å². The first kappa shape index (κ1) is 20.6. The molecule has 1 fully saturated rings. The molecule has 0 aromatic carbocycles. The molecule has 1 unspecified atom stereocenters. The molecule has 8 heteroatoms. The van der Waals surface area contributed by atoms with Crippen LogP contribution in [0.1, 0.15) is 66.7 Å². The Balaban J connectivity index is 1.30. The Bertz CT molecular complexity index is 844. The number of H-pyrrole nitrogens is 1. The first-order chi connectivity index (χ1) is 14.7. The van der Waals surface area contributed by atoms with E-state index in [4.69, 9.17) is 0 Å². The zero-order chi connectivity index (χ0) is 20.8. The Morgan fingerprint density at radius 2 is 2.03 bits per heavy atom. The Hall–Kier alpha value is -2.64. The summed E-state index contributed by atoms with van der Waals surface area (Å²) in [6, 6.07) is 0. The van der Waals surface area contributed by atoms with Gasteiger partial charge in [-0.1, -0.05) is 12.8 Å². The number of nitrogens with one attached hydrogen (secondary N) is 2. The molecule has 162 valence electrons. The molecular formula is C22H32N6O2. The number of aromatic amines is 1. The van der Waals surface area contributed by atoms with Crippen LogP contribution in [0, 0.1) is 5.92 Å². The van der Waals surface area contributed by atoms with E-state index in [9.17, 15) is 9.59 Å². The van der Waals surface area contributed by atoms with Crippen LogP contribution >= 0.6 is 0 Å². The van der Waals surface area contributed by atoms with Crippen LogP contribution in [0.25, 0.3) is 0 Å². The van der Waals surface area contributed by atoms with E-state index in [-0.39, 0.29) is 17.7 Å². The molecule has 0 bridgehead atoms. The number of rotatable bonds is 6. The summed E-state index contributed by atoms with van der Waals surface area (Å²) in [5.74, 6) is 0.286. The molecule has 30 heavy (non-hydrogen) atoms. The number of hydrogen-bond acceptors (Lipinski definition) is 4. The number of likely N-dealkylation sites (tertiary alicyclic amines) is 1. The van der Waals surface area contributed by atoms with Crippen molar-refractivity contribution in [1.82, 2.24) is 30.0 Å². The summed E-state index contributed by atoms with van der Waals surface area (Å²) < 4.78 is 1.94. The summed E-state index contributed by atoms with van der Waals surface area (Å²) >= 11 is 0. The van der Waals surface area contributed by atoms with Gasteiger partial charge < -0.3 is 14.8 Å². The van der Waals surface area contributed by atoms with Crippen molar-refractivity contribution < 1.29 is 9.59 Å². The van der Waals surface area contributed by atoms with Gasteiger partial charge in [0.2, 0.25) is 5.91 Å². The smallest absolute Gasteiger partial charge is 0.274 e. The number of piperidine rings is 1. The summed E-state index contributed by atoms with van der Waals surface area (Å²) in [5.41, 5.74) is 2.88. The number of carbonyl (C=O) groups is 2. The number of aryl methyl sites for hydroxylation is 1. The van der Waals surface area contributed by atoms with Gasteiger partial charge in [0, 0.05) is 56.3 Å². The zero-order valence-electron chi connectivity index (χ0n) is 17.6. The van der Waals surface area contributed by atoms with Gasteiger partial charge in [-0.2, -0.15) is 5.10 Å². The molecule has 3 heterocycles. The SMILES string of the molecule is O=C(CC1CCCN(C(=O)c2n[nH]c3c2CCCCCC3)C1)NCCn1ccnc1. The van der Waals surface area contributed by atoms with Gasteiger partial charge in [0.25, 0.3) is 5.91 Å². The molecule has 2 aromatic heterocycles. The van der Waals surface area contributed by atoms with Gasteiger partial charge in [0.1, 0.15) is 0 Å². The lowest BCUT2D eigenvalue weighted by molar-refractivity contribution is -0.122. The third-order valence-electron chi connectivity index (χ3n) is 6.29.